The van der Waals surface area contributed by atoms with Gasteiger partial charge < -0.3 is 10.3 Å². The summed E-state index contributed by atoms with van der Waals surface area (Å²) >= 11 is 0. The second-order valence-electron chi connectivity index (χ2n) is 5.41. The fourth-order valence-electron chi connectivity index (χ4n) is 3.08. The number of piperazine rings is 1. The molecular formula is C13H22N4. The quantitative estimate of drug-likeness (QED) is 0.817. The Morgan fingerprint density at radius 1 is 1.35 bits per heavy atom. The van der Waals surface area contributed by atoms with Crippen molar-refractivity contribution in [2.45, 2.75) is 37.6 Å². The van der Waals surface area contributed by atoms with Crippen molar-refractivity contribution in [2.75, 3.05) is 26.7 Å². The summed E-state index contributed by atoms with van der Waals surface area (Å²) in [4.78, 5) is 10.5. The lowest BCUT2D eigenvalue weighted by molar-refractivity contribution is 0.195. The van der Waals surface area contributed by atoms with E-state index in [4.69, 9.17) is 0 Å². The van der Waals surface area contributed by atoms with Crippen LogP contribution in [0.1, 0.15) is 49.2 Å². The zero-order chi connectivity index (χ0) is 11.7. The predicted molar refractivity (Wildman–Crippen MR) is 68.0 cm³/mol. The fourth-order valence-corrected chi connectivity index (χ4v) is 3.08. The molecule has 1 unspecified atom stereocenters. The van der Waals surface area contributed by atoms with E-state index in [1.54, 1.807) is 0 Å². The lowest BCUT2D eigenvalue weighted by Gasteiger charge is -2.31. The van der Waals surface area contributed by atoms with Gasteiger partial charge in [0.15, 0.2) is 0 Å². The molecule has 2 heterocycles. The summed E-state index contributed by atoms with van der Waals surface area (Å²) in [6.07, 6.45) is 7.49. The number of aromatic amines is 1. The van der Waals surface area contributed by atoms with Crippen LogP contribution in [0.4, 0.5) is 0 Å². The molecule has 1 saturated heterocycles. The van der Waals surface area contributed by atoms with E-state index >= 15 is 0 Å². The number of nitrogens with one attached hydrogen (secondary N) is 2. The summed E-state index contributed by atoms with van der Waals surface area (Å²) in [6.45, 7) is 3.20. The second-order valence-corrected chi connectivity index (χ2v) is 5.41. The van der Waals surface area contributed by atoms with Crippen LogP contribution < -0.4 is 5.32 Å². The van der Waals surface area contributed by atoms with Crippen LogP contribution in [0.25, 0.3) is 0 Å². The van der Waals surface area contributed by atoms with Gasteiger partial charge in [0.1, 0.15) is 5.82 Å². The maximum atomic E-state index is 4.60. The molecule has 2 N–H and O–H groups in total. The Morgan fingerprint density at radius 2 is 2.18 bits per heavy atom. The zero-order valence-corrected chi connectivity index (χ0v) is 10.6. The molecule has 2 aliphatic rings. The van der Waals surface area contributed by atoms with Gasteiger partial charge in [0.25, 0.3) is 0 Å². The molecule has 2 fully saturated rings. The summed E-state index contributed by atoms with van der Waals surface area (Å²) in [5, 5.41) is 3.44. The number of nitrogens with zero attached hydrogens (tertiary/aromatic N) is 2. The third-order valence-corrected chi connectivity index (χ3v) is 4.24. The third kappa shape index (κ3) is 2.24. The minimum absolute atomic E-state index is 0.416. The minimum Gasteiger partial charge on any atom is -0.344 e. The van der Waals surface area contributed by atoms with E-state index < -0.39 is 0 Å². The predicted octanol–water partition coefficient (Wildman–Crippen LogP) is 1.64. The van der Waals surface area contributed by atoms with Gasteiger partial charge in [0.2, 0.25) is 0 Å². The Labute approximate surface area is 103 Å². The summed E-state index contributed by atoms with van der Waals surface area (Å²) in [5.41, 5.74) is 1.36. The maximum absolute atomic E-state index is 4.60. The maximum Gasteiger partial charge on any atom is 0.124 e. The van der Waals surface area contributed by atoms with Crippen molar-refractivity contribution in [1.82, 2.24) is 20.2 Å². The van der Waals surface area contributed by atoms with Crippen molar-refractivity contribution in [1.29, 1.82) is 0 Å². The Bertz CT molecular complexity index is 367. The molecule has 0 spiro atoms. The normalized spacial score (nSPS) is 27.7. The molecular weight excluding hydrogens is 212 g/mol. The number of rotatable bonds is 2. The molecule has 0 amide bonds. The Kier molecular flexibility index (Phi) is 3.16. The molecule has 1 aromatic rings. The Hall–Kier alpha value is -0.870. The van der Waals surface area contributed by atoms with Crippen molar-refractivity contribution in [3.8, 4) is 0 Å². The summed E-state index contributed by atoms with van der Waals surface area (Å²) < 4.78 is 0. The van der Waals surface area contributed by atoms with Gasteiger partial charge in [-0.2, -0.15) is 0 Å². The van der Waals surface area contributed by atoms with Gasteiger partial charge in [0, 0.05) is 37.4 Å². The Balaban J connectivity index is 1.74. The van der Waals surface area contributed by atoms with Crippen LogP contribution in [0.15, 0.2) is 6.20 Å². The van der Waals surface area contributed by atoms with Crippen LogP contribution in [0, 0.1) is 0 Å². The van der Waals surface area contributed by atoms with Crippen molar-refractivity contribution in [3.05, 3.63) is 17.7 Å². The first-order chi connectivity index (χ1) is 8.34. The number of imidazole rings is 1. The Morgan fingerprint density at radius 3 is 2.94 bits per heavy atom. The SMILES string of the molecule is CN1CCNCC1c1ncc(C2CCCC2)[nH]1. The number of hydrogen-bond donors (Lipinski definition) is 2. The van der Waals surface area contributed by atoms with Gasteiger partial charge in [-0.05, 0) is 19.9 Å². The molecule has 1 saturated carbocycles. The highest BCUT2D eigenvalue weighted by atomic mass is 15.2. The molecule has 17 heavy (non-hydrogen) atoms. The highest BCUT2D eigenvalue weighted by Gasteiger charge is 2.25. The smallest absolute Gasteiger partial charge is 0.124 e. The van der Waals surface area contributed by atoms with Gasteiger partial charge >= 0.3 is 0 Å². The molecule has 0 radical (unpaired) electrons. The monoisotopic (exact) mass is 234 g/mol. The third-order valence-electron chi connectivity index (χ3n) is 4.24. The standard InChI is InChI=1S/C13H22N4/c1-17-7-6-14-9-12(17)13-15-8-11(16-13)10-4-2-3-5-10/h8,10,12,14H,2-7,9H2,1H3,(H,15,16). The summed E-state index contributed by atoms with van der Waals surface area (Å²) in [5.74, 6) is 1.87. The molecule has 94 valence electrons. The van der Waals surface area contributed by atoms with E-state index in [1.165, 1.54) is 31.4 Å². The van der Waals surface area contributed by atoms with E-state index in [2.05, 4.69) is 33.4 Å². The average Bonchev–Trinajstić information content (AvgIpc) is 3.00. The molecule has 1 atom stereocenters. The molecule has 1 aliphatic heterocycles. The van der Waals surface area contributed by atoms with E-state index in [0.29, 0.717) is 6.04 Å². The van der Waals surface area contributed by atoms with Crippen molar-refractivity contribution < 1.29 is 0 Å². The summed E-state index contributed by atoms with van der Waals surface area (Å²) in [6, 6.07) is 0.416. The first kappa shape index (κ1) is 11.2. The van der Waals surface area contributed by atoms with E-state index in [9.17, 15) is 0 Å². The van der Waals surface area contributed by atoms with Crippen LogP contribution >= 0.6 is 0 Å². The van der Waals surface area contributed by atoms with Crippen molar-refractivity contribution >= 4 is 0 Å². The summed E-state index contributed by atoms with van der Waals surface area (Å²) in [7, 11) is 2.18. The average molecular weight is 234 g/mol. The number of aromatic nitrogens is 2. The van der Waals surface area contributed by atoms with Crippen LogP contribution in [0.5, 0.6) is 0 Å². The van der Waals surface area contributed by atoms with Crippen LogP contribution in [0.3, 0.4) is 0 Å². The first-order valence-electron chi connectivity index (χ1n) is 6.80. The lowest BCUT2D eigenvalue weighted by atomic mass is 10.1. The van der Waals surface area contributed by atoms with Gasteiger partial charge in [-0.1, -0.05) is 12.8 Å². The zero-order valence-electron chi connectivity index (χ0n) is 10.6. The van der Waals surface area contributed by atoms with Crippen LogP contribution in [-0.4, -0.2) is 41.5 Å². The fraction of sp³-hybridized carbons (Fsp3) is 0.769. The largest absolute Gasteiger partial charge is 0.344 e. The van der Waals surface area contributed by atoms with Crippen LogP contribution in [-0.2, 0) is 0 Å². The molecule has 0 bridgehead atoms. The topological polar surface area (TPSA) is 44.0 Å². The number of hydrogen-bond acceptors (Lipinski definition) is 3. The minimum atomic E-state index is 0.416. The van der Waals surface area contributed by atoms with Crippen LogP contribution in [0.2, 0.25) is 0 Å². The number of likely N-dealkylation sites (N-methyl/N-ethyl adjacent to an activating group) is 1. The lowest BCUT2D eigenvalue weighted by Crippen LogP contribution is -2.44. The number of H-pyrrole nitrogens is 1. The van der Waals surface area contributed by atoms with E-state index in [0.717, 1.165) is 31.4 Å². The van der Waals surface area contributed by atoms with Crippen molar-refractivity contribution in [2.24, 2.45) is 0 Å². The molecule has 4 heteroatoms. The van der Waals surface area contributed by atoms with Crippen molar-refractivity contribution in [3.63, 3.8) is 0 Å². The highest BCUT2D eigenvalue weighted by Crippen LogP contribution is 2.33. The van der Waals surface area contributed by atoms with E-state index in [1.807, 2.05) is 0 Å². The molecule has 0 aromatic carbocycles. The van der Waals surface area contributed by atoms with Gasteiger partial charge in [-0.3, -0.25) is 4.90 Å². The van der Waals surface area contributed by atoms with Gasteiger partial charge in [-0.25, -0.2) is 4.98 Å². The molecule has 1 aliphatic carbocycles. The van der Waals surface area contributed by atoms with Gasteiger partial charge in [0.05, 0.1) is 6.04 Å². The molecule has 3 rings (SSSR count). The van der Waals surface area contributed by atoms with E-state index in [-0.39, 0.29) is 0 Å². The highest BCUT2D eigenvalue weighted by molar-refractivity contribution is 5.12. The second kappa shape index (κ2) is 4.78. The molecule has 4 nitrogen and oxygen atoms in total. The van der Waals surface area contributed by atoms with Gasteiger partial charge in [-0.15, -0.1) is 0 Å². The first-order valence-corrected chi connectivity index (χ1v) is 6.80. The molecule has 1 aromatic heterocycles.